The van der Waals surface area contributed by atoms with Crippen molar-refractivity contribution in [3.05, 3.63) is 102 Å². The first kappa shape index (κ1) is 25.0. The molecule has 5 heteroatoms. The van der Waals surface area contributed by atoms with Gasteiger partial charge in [-0.2, -0.15) is 0 Å². The lowest BCUT2D eigenvalue weighted by molar-refractivity contribution is -0.141. The highest BCUT2D eigenvalue weighted by molar-refractivity contribution is 5.88. The minimum Gasteiger partial charge on any atom is -0.494 e. The summed E-state index contributed by atoms with van der Waals surface area (Å²) in [4.78, 5) is 28.3. The minimum atomic E-state index is -0.590. The van der Waals surface area contributed by atoms with Crippen molar-refractivity contribution >= 4 is 11.8 Å². The van der Waals surface area contributed by atoms with Crippen LogP contribution in [0.15, 0.2) is 84.9 Å². The minimum absolute atomic E-state index is 0.0523. The monoisotopic (exact) mass is 458 g/mol. The number of likely N-dealkylation sites (N-methyl/N-ethyl adjacent to an activating group) is 1. The Morgan fingerprint density at radius 3 is 2.12 bits per heavy atom. The van der Waals surface area contributed by atoms with Crippen LogP contribution in [0.5, 0.6) is 5.75 Å². The highest BCUT2D eigenvalue weighted by atomic mass is 16.5. The van der Waals surface area contributed by atoms with Gasteiger partial charge >= 0.3 is 0 Å². The molecule has 178 valence electrons. The molecule has 0 heterocycles. The summed E-state index contributed by atoms with van der Waals surface area (Å²) in [5.74, 6) is 0.610. The largest absolute Gasteiger partial charge is 0.494 e. The summed E-state index contributed by atoms with van der Waals surface area (Å²) in [5, 5.41) is 2.92. The summed E-state index contributed by atoms with van der Waals surface area (Å²) in [5.41, 5.74) is 3.19. The molecule has 0 saturated heterocycles. The average molecular weight is 459 g/mol. The van der Waals surface area contributed by atoms with Crippen molar-refractivity contribution in [2.75, 3.05) is 13.2 Å². The van der Waals surface area contributed by atoms with Gasteiger partial charge in [0.1, 0.15) is 11.8 Å². The lowest BCUT2D eigenvalue weighted by Crippen LogP contribution is -2.50. The van der Waals surface area contributed by atoms with Gasteiger partial charge in [0.05, 0.1) is 6.61 Å². The van der Waals surface area contributed by atoms with E-state index in [0.29, 0.717) is 39.0 Å². The first-order valence-corrected chi connectivity index (χ1v) is 11.9. The third-order valence-corrected chi connectivity index (χ3v) is 5.64. The second-order valence-corrected chi connectivity index (χ2v) is 8.37. The Balaban J connectivity index is 1.73. The van der Waals surface area contributed by atoms with Crippen molar-refractivity contribution in [2.24, 2.45) is 0 Å². The second-order valence-electron chi connectivity index (χ2n) is 8.37. The Morgan fingerprint density at radius 1 is 0.882 bits per heavy atom. The molecule has 0 aliphatic carbocycles. The maximum absolute atomic E-state index is 13.4. The normalized spacial score (nSPS) is 11.5. The van der Waals surface area contributed by atoms with Crippen LogP contribution >= 0.6 is 0 Å². The first-order chi connectivity index (χ1) is 16.6. The molecule has 2 amide bonds. The van der Waals surface area contributed by atoms with Crippen LogP contribution in [0.25, 0.3) is 0 Å². The topological polar surface area (TPSA) is 58.6 Å². The predicted octanol–water partition coefficient (Wildman–Crippen LogP) is 4.93. The van der Waals surface area contributed by atoms with Gasteiger partial charge < -0.3 is 15.0 Å². The SMILES string of the molecule is CCNC(=O)[C@H](Cc1ccccc1)N(Cc1ccccc1)C(=O)CCCOc1ccc(C)cc1. The number of nitrogens with one attached hydrogen (secondary N) is 1. The number of carbonyl (C=O) groups excluding carboxylic acids is 2. The van der Waals surface area contributed by atoms with Gasteiger partial charge in [-0.1, -0.05) is 78.4 Å². The molecule has 0 fully saturated rings. The molecule has 3 aromatic rings. The molecule has 1 N–H and O–H groups in total. The molecule has 0 saturated carbocycles. The van der Waals surface area contributed by atoms with E-state index in [1.165, 1.54) is 5.56 Å². The lowest BCUT2D eigenvalue weighted by Gasteiger charge is -2.31. The fourth-order valence-corrected chi connectivity index (χ4v) is 3.82. The molecular weight excluding hydrogens is 424 g/mol. The molecular formula is C29H34N2O3. The van der Waals surface area contributed by atoms with E-state index in [1.54, 1.807) is 4.90 Å². The molecule has 34 heavy (non-hydrogen) atoms. The van der Waals surface area contributed by atoms with Gasteiger partial charge in [-0.3, -0.25) is 9.59 Å². The molecule has 0 aromatic heterocycles. The molecule has 3 rings (SSSR count). The van der Waals surface area contributed by atoms with Crippen LogP contribution in [-0.4, -0.2) is 35.9 Å². The van der Waals surface area contributed by atoms with Crippen molar-refractivity contribution in [1.29, 1.82) is 0 Å². The van der Waals surface area contributed by atoms with Crippen LogP contribution < -0.4 is 10.1 Å². The van der Waals surface area contributed by atoms with Gasteiger partial charge in [-0.05, 0) is 43.5 Å². The van der Waals surface area contributed by atoms with Gasteiger partial charge in [0.2, 0.25) is 11.8 Å². The van der Waals surface area contributed by atoms with Gasteiger partial charge in [-0.25, -0.2) is 0 Å². The molecule has 0 unspecified atom stereocenters. The Bertz CT molecular complexity index is 1020. The second kappa shape index (κ2) is 13.2. The van der Waals surface area contributed by atoms with Gasteiger partial charge in [0.25, 0.3) is 0 Å². The molecule has 0 bridgehead atoms. The molecule has 0 aliphatic rings. The third-order valence-electron chi connectivity index (χ3n) is 5.64. The summed E-state index contributed by atoms with van der Waals surface area (Å²) < 4.78 is 5.80. The van der Waals surface area contributed by atoms with E-state index in [2.05, 4.69) is 5.32 Å². The zero-order valence-electron chi connectivity index (χ0n) is 20.1. The fourth-order valence-electron chi connectivity index (χ4n) is 3.82. The summed E-state index contributed by atoms with van der Waals surface area (Å²) in [6, 6.07) is 26.9. The zero-order valence-corrected chi connectivity index (χ0v) is 20.1. The van der Waals surface area contributed by atoms with Gasteiger partial charge in [0.15, 0.2) is 0 Å². The van der Waals surface area contributed by atoms with Crippen LogP contribution in [0.4, 0.5) is 0 Å². The molecule has 0 spiro atoms. The van der Waals surface area contributed by atoms with E-state index in [0.717, 1.165) is 16.9 Å². The van der Waals surface area contributed by atoms with E-state index >= 15 is 0 Å². The number of nitrogens with zero attached hydrogens (tertiary/aromatic N) is 1. The third kappa shape index (κ3) is 7.77. The Kier molecular flexibility index (Phi) is 9.71. The number of benzene rings is 3. The number of rotatable bonds is 12. The van der Waals surface area contributed by atoms with Crippen LogP contribution in [-0.2, 0) is 22.6 Å². The Hall–Kier alpha value is -3.60. The predicted molar refractivity (Wildman–Crippen MR) is 136 cm³/mol. The molecule has 3 aromatic carbocycles. The summed E-state index contributed by atoms with van der Waals surface area (Å²) in [6.07, 6.45) is 1.35. The molecule has 0 aliphatic heterocycles. The lowest BCUT2D eigenvalue weighted by atomic mass is 10.0. The average Bonchev–Trinajstić information content (AvgIpc) is 2.86. The van der Waals surface area contributed by atoms with Crippen molar-refractivity contribution in [1.82, 2.24) is 10.2 Å². The number of aryl methyl sites for hydroxylation is 1. The van der Waals surface area contributed by atoms with Gasteiger partial charge in [0, 0.05) is 25.9 Å². The zero-order chi connectivity index (χ0) is 24.2. The van der Waals surface area contributed by atoms with Crippen molar-refractivity contribution < 1.29 is 14.3 Å². The smallest absolute Gasteiger partial charge is 0.243 e. The van der Waals surface area contributed by atoms with E-state index in [4.69, 9.17) is 4.74 Å². The maximum atomic E-state index is 13.4. The Labute approximate surface area is 202 Å². The molecule has 0 radical (unpaired) electrons. The van der Waals surface area contributed by atoms with Crippen LogP contribution in [0, 0.1) is 6.92 Å². The molecule has 1 atom stereocenters. The number of amides is 2. The highest BCUT2D eigenvalue weighted by Gasteiger charge is 2.29. The maximum Gasteiger partial charge on any atom is 0.243 e. The number of hydrogen-bond donors (Lipinski definition) is 1. The van der Waals surface area contributed by atoms with E-state index in [-0.39, 0.29) is 11.8 Å². The molecule has 5 nitrogen and oxygen atoms in total. The van der Waals surface area contributed by atoms with Crippen molar-refractivity contribution in [3.8, 4) is 5.75 Å². The van der Waals surface area contributed by atoms with Crippen LogP contribution in [0.2, 0.25) is 0 Å². The summed E-state index contributed by atoms with van der Waals surface area (Å²) in [7, 11) is 0. The number of ether oxygens (including phenoxy) is 1. The van der Waals surface area contributed by atoms with Crippen molar-refractivity contribution in [2.45, 2.75) is 45.7 Å². The summed E-state index contributed by atoms with van der Waals surface area (Å²) >= 11 is 0. The first-order valence-electron chi connectivity index (χ1n) is 11.9. The Morgan fingerprint density at radius 2 is 1.50 bits per heavy atom. The van der Waals surface area contributed by atoms with Crippen LogP contribution in [0.3, 0.4) is 0 Å². The fraction of sp³-hybridized carbons (Fsp3) is 0.310. The summed E-state index contributed by atoms with van der Waals surface area (Å²) in [6.45, 7) is 5.26. The standard InChI is InChI=1S/C29H34N2O3/c1-3-30-29(33)27(21-24-11-6-4-7-12-24)31(22-25-13-8-5-9-14-25)28(32)15-10-20-34-26-18-16-23(2)17-19-26/h4-9,11-14,16-19,27H,3,10,15,20-22H2,1-2H3,(H,30,33)/t27-/m0/s1. The number of hydrogen-bond acceptors (Lipinski definition) is 3. The van der Waals surface area contributed by atoms with Gasteiger partial charge in [-0.15, -0.1) is 0 Å². The number of carbonyl (C=O) groups is 2. The van der Waals surface area contributed by atoms with E-state index < -0.39 is 6.04 Å². The van der Waals surface area contributed by atoms with Crippen LogP contribution in [0.1, 0.15) is 36.5 Å². The van der Waals surface area contributed by atoms with Crippen molar-refractivity contribution in [3.63, 3.8) is 0 Å². The highest BCUT2D eigenvalue weighted by Crippen LogP contribution is 2.17. The van der Waals surface area contributed by atoms with E-state index in [9.17, 15) is 9.59 Å². The quantitative estimate of drug-likeness (QED) is 0.392. The van der Waals surface area contributed by atoms with E-state index in [1.807, 2.05) is 98.8 Å².